The van der Waals surface area contributed by atoms with Gasteiger partial charge in [-0.3, -0.25) is 14.6 Å². The summed E-state index contributed by atoms with van der Waals surface area (Å²) in [5, 5.41) is 5.25. The van der Waals surface area contributed by atoms with Crippen LogP contribution >= 0.6 is 11.8 Å². The molecule has 0 unspecified atom stereocenters. The maximum absolute atomic E-state index is 13.4. The fourth-order valence-corrected chi connectivity index (χ4v) is 10.7. The van der Waals surface area contributed by atoms with Gasteiger partial charge in [-0.05, 0) is 28.8 Å². The van der Waals surface area contributed by atoms with Crippen molar-refractivity contribution in [3.8, 4) is 5.75 Å². The lowest BCUT2D eigenvalue weighted by molar-refractivity contribution is -0.125. The van der Waals surface area contributed by atoms with E-state index in [9.17, 15) is 14.4 Å². The standard InChI is InChI=1S/C32H38N2O5SSi/c1-7-14-26(33-30(37)32(6)21-40-29(34-32)22(2)35)27-19-23(20-28(36)38-27)39-41(31(3,4)5,24-15-10-8-11-16-24)25-17-12-9-13-18-25/h8-13,15-20,26H,7,14,21H2,1-6H3,(H,33,37)/t26-,32+/m1/s1. The smallest absolute Gasteiger partial charge is 0.339 e. The Bertz CT molecular complexity index is 1440. The first-order chi connectivity index (χ1) is 19.4. The van der Waals surface area contributed by atoms with Crippen LogP contribution in [0.2, 0.25) is 5.04 Å². The molecule has 3 aromatic rings. The van der Waals surface area contributed by atoms with Crippen molar-refractivity contribution in [1.29, 1.82) is 0 Å². The minimum absolute atomic E-state index is 0.157. The second-order valence-corrected chi connectivity index (χ2v) is 16.8. The van der Waals surface area contributed by atoms with E-state index < -0.39 is 25.5 Å². The number of rotatable bonds is 10. The molecule has 1 N–H and O–H groups in total. The molecule has 2 heterocycles. The summed E-state index contributed by atoms with van der Waals surface area (Å²) in [6.07, 6.45) is 1.28. The molecule has 1 aliphatic rings. The Morgan fingerprint density at radius 3 is 2.15 bits per heavy atom. The zero-order valence-corrected chi connectivity index (χ0v) is 26.3. The quantitative estimate of drug-likeness (QED) is 0.333. The third-order valence-corrected chi connectivity index (χ3v) is 13.6. The Labute approximate surface area is 246 Å². The zero-order chi connectivity index (χ0) is 29.8. The topological polar surface area (TPSA) is 98.0 Å². The van der Waals surface area contributed by atoms with Crippen molar-refractivity contribution in [3.63, 3.8) is 0 Å². The summed E-state index contributed by atoms with van der Waals surface area (Å²) in [6, 6.07) is 22.9. The molecule has 2 atom stereocenters. The minimum Gasteiger partial charge on any atom is -0.534 e. The van der Waals surface area contributed by atoms with E-state index in [4.69, 9.17) is 8.84 Å². The lowest BCUT2D eigenvalue weighted by Gasteiger charge is -2.43. The molecule has 0 saturated heterocycles. The van der Waals surface area contributed by atoms with E-state index in [0.717, 1.165) is 16.8 Å². The molecule has 0 spiro atoms. The van der Waals surface area contributed by atoms with Crippen LogP contribution in [0, 0.1) is 0 Å². The second-order valence-electron chi connectivity index (χ2n) is 11.6. The molecule has 1 amide bonds. The lowest BCUT2D eigenvalue weighted by Crippen LogP contribution is -2.68. The van der Waals surface area contributed by atoms with E-state index in [-0.39, 0.29) is 16.7 Å². The highest BCUT2D eigenvalue weighted by atomic mass is 32.2. The SMILES string of the molecule is CCC[C@@H](NC(=O)[C@]1(C)CSC(C(C)=O)=N1)c1cc(O[Si](c2ccccc2)(c2ccccc2)C(C)(C)C)cc(=O)o1. The Hall–Kier alpha value is -3.43. The van der Waals surface area contributed by atoms with Crippen molar-refractivity contribution in [3.05, 3.63) is 89.0 Å². The molecule has 1 aromatic heterocycles. The van der Waals surface area contributed by atoms with E-state index in [2.05, 4.69) is 55.3 Å². The van der Waals surface area contributed by atoms with Crippen LogP contribution in [0.4, 0.5) is 0 Å². The number of Topliss-reactive ketones (excluding diaryl/α,β-unsaturated/α-hetero) is 1. The molecule has 0 saturated carbocycles. The molecule has 0 fully saturated rings. The molecular formula is C32H38N2O5SSi. The number of nitrogens with one attached hydrogen (secondary N) is 1. The van der Waals surface area contributed by atoms with Gasteiger partial charge in [0.1, 0.15) is 22.1 Å². The Morgan fingerprint density at radius 1 is 1.07 bits per heavy atom. The number of amides is 1. The number of nitrogens with zero attached hydrogens (tertiary/aromatic N) is 1. The largest absolute Gasteiger partial charge is 0.534 e. The van der Waals surface area contributed by atoms with Gasteiger partial charge in [-0.1, -0.05) is 94.8 Å². The third-order valence-electron chi connectivity index (χ3n) is 7.31. The number of carbonyl (C=O) groups excluding carboxylic acids is 2. The van der Waals surface area contributed by atoms with Crippen LogP contribution < -0.4 is 25.7 Å². The average molecular weight is 591 g/mol. The Morgan fingerprint density at radius 2 is 1.66 bits per heavy atom. The summed E-state index contributed by atoms with van der Waals surface area (Å²) in [4.78, 5) is 42.6. The maximum Gasteiger partial charge on any atom is 0.339 e. The van der Waals surface area contributed by atoms with Gasteiger partial charge in [-0.15, -0.1) is 11.8 Å². The predicted molar refractivity (Wildman–Crippen MR) is 168 cm³/mol. The van der Waals surface area contributed by atoms with Gasteiger partial charge in [-0.2, -0.15) is 0 Å². The van der Waals surface area contributed by atoms with Gasteiger partial charge >= 0.3 is 13.9 Å². The van der Waals surface area contributed by atoms with E-state index in [1.54, 1.807) is 13.0 Å². The van der Waals surface area contributed by atoms with Crippen LogP contribution in [0.5, 0.6) is 5.75 Å². The maximum atomic E-state index is 13.4. The predicted octanol–water partition coefficient (Wildman–Crippen LogP) is 5.03. The van der Waals surface area contributed by atoms with Crippen LogP contribution in [-0.4, -0.2) is 36.3 Å². The highest BCUT2D eigenvalue weighted by molar-refractivity contribution is 8.16. The fraction of sp³-hybridized carbons (Fsp3) is 0.375. The van der Waals surface area contributed by atoms with Gasteiger partial charge in [-0.25, -0.2) is 4.79 Å². The van der Waals surface area contributed by atoms with Gasteiger partial charge in [0.15, 0.2) is 5.78 Å². The second kappa shape index (κ2) is 12.2. The molecule has 0 radical (unpaired) electrons. The van der Waals surface area contributed by atoms with E-state index in [1.165, 1.54) is 24.8 Å². The van der Waals surface area contributed by atoms with E-state index in [1.807, 2.05) is 43.3 Å². The van der Waals surface area contributed by atoms with Crippen LogP contribution in [0.25, 0.3) is 0 Å². The molecular weight excluding hydrogens is 553 g/mol. The number of carbonyl (C=O) groups is 2. The number of ketones is 1. The lowest BCUT2D eigenvalue weighted by atomic mass is 10.0. The molecule has 0 bridgehead atoms. The summed E-state index contributed by atoms with van der Waals surface area (Å²) in [5.74, 6) is 0.621. The summed E-state index contributed by atoms with van der Waals surface area (Å²) in [7, 11) is -2.99. The summed E-state index contributed by atoms with van der Waals surface area (Å²) < 4.78 is 12.7. The van der Waals surface area contributed by atoms with Crippen molar-refractivity contribution < 1.29 is 18.4 Å². The molecule has 41 heavy (non-hydrogen) atoms. The highest BCUT2D eigenvalue weighted by Crippen LogP contribution is 2.38. The molecule has 2 aromatic carbocycles. The normalized spacial score (nSPS) is 18.0. The highest BCUT2D eigenvalue weighted by Gasteiger charge is 2.52. The van der Waals surface area contributed by atoms with Crippen molar-refractivity contribution in [1.82, 2.24) is 5.32 Å². The monoisotopic (exact) mass is 590 g/mol. The van der Waals surface area contributed by atoms with Crippen molar-refractivity contribution in [2.24, 2.45) is 4.99 Å². The van der Waals surface area contributed by atoms with Crippen molar-refractivity contribution in [2.75, 3.05) is 5.75 Å². The molecule has 216 valence electrons. The third kappa shape index (κ3) is 6.41. The van der Waals surface area contributed by atoms with E-state index in [0.29, 0.717) is 28.7 Å². The van der Waals surface area contributed by atoms with Crippen molar-refractivity contribution in [2.45, 2.75) is 71.0 Å². The molecule has 4 rings (SSSR count). The van der Waals surface area contributed by atoms with Crippen molar-refractivity contribution >= 4 is 47.2 Å². The van der Waals surface area contributed by atoms with Crippen LogP contribution in [0.3, 0.4) is 0 Å². The number of hydrogen-bond donors (Lipinski definition) is 1. The van der Waals surface area contributed by atoms with Crippen LogP contribution in [0.1, 0.15) is 66.2 Å². The zero-order valence-electron chi connectivity index (χ0n) is 24.5. The minimum atomic E-state index is -2.99. The summed E-state index contributed by atoms with van der Waals surface area (Å²) in [6.45, 7) is 11.7. The molecule has 7 nitrogen and oxygen atoms in total. The van der Waals surface area contributed by atoms with Gasteiger partial charge < -0.3 is 14.2 Å². The van der Waals surface area contributed by atoms with Crippen LogP contribution in [0.15, 0.2) is 87.0 Å². The molecule has 9 heteroatoms. The Kier molecular flexibility index (Phi) is 9.09. The van der Waals surface area contributed by atoms with Gasteiger partial charge in [0.05, 0.1) is 12.1 Å². The fourth-order valence-electron chi connectivity index (χ4n) is 5.21. The number of benzene rings is 2. The first-order valence-electron chi connectivity index (χ1n) is 13.9. The number of thioether (sulfide) groups is 1. The van der Waals surface area contributed by atoms with Crippen LogP contribution in [-0.2, 0) is 9.59 Å². The van der Waals surface area contributed by atoms with Gasteiger partial charge in [0.25, 0.3) is 0 Å². The number of hydrogen-bond acceptors (Lipinski definition) is 7. The number of aliphatic imine (C=N–C) groups is 1. The van der Waals surface area contributed by atoms with E-state index >= 15 is 0 Å². The summed E-state index contributed by atoms with van der Waals surface area (Å²) in [5.41, 5.74) is -1.63. The summed E-state index contributed by atoms with van der Waals surface area (Å²) >= 11 is 1.28. The molecule has 0 aliphatic carbocycles. The Balaban J connectivity index is 1.76. The molecule has 1 aliphatic heterocycles. The van der Waals surface area contributed by atoms with Gasteiger partial charge in [0.2, 0.25) is 5.91 Å². The first kappa shape index (κ1) is 30.5. The first-order valence-corrected chi connectivity index (χ1v) is 16.8. The van der Waals surface area contributed by atoms with Gasteiger partial charge in [0, 0.05) is 18.7 Å². The average Bonchev–Trinajstić information content (AvgIpc) is 3.35.